The van der Waals surface area contributed by atoms with Gasteiger partial charge in [0.25, 0.3) is 5.91 Å². The Bertz CT molecular complexity index is 762. The van der Waals surface area contributed by atoms with E-state index < -0.39 is 0 Å². The number of nitrogens with zero attached hydrogens (tertiary/aromatic N) is 3. The second kappa shape index (κ2) is 8.07. The molecule has 144 valence electrons. The summed E-state index contributed by atoms with van der Waals surface area (Å²) in [5.74, 6) is 0.635. The van der Waals surface area contributed by atoms with Crippen LogP contribution in [0.3, 0.4) is 0 Å². The number of anilines is 2. The van der Waals surface area contributed by atoms with Crippen LogP contribution in [0, 0.1) is 0 Å². The van der Waals surface area contributed by atoms with Crippen LogP contribution < -0.4 is 5.32 Å². The molecule has 1 aliphatic heterocycles. The predicted octanol–water partition coefficient (Wildman–Crippen LogP) is 4.92. The van der Waals surface area contributed by atoms with Crippen molar-refractivity contribution >= 4 is 17.4 Å². The maximum atomic E-state index is 12.8. The van der Waals surface area contributed by atoms with Crippen LogP contribution in [0.2, 0.25) is 0 Å². The maximum absolute atomic E-state index is 12.8. The zero-order valence-electron chi connectivity index (χ0n) is 16.8. The van der Waals surface area contributed by atoms with Gasteiger partial charge in [-0.05, 0) is 48.8 Å². The van der Waals surface area contributed by atoms with Crippen LogP contribution >= 0.6 is 0 Å². The zero-order chi connectivity index (χ0) is 19.4. The SMILES string of the molecule is CCC1CCCCN1C(=O)c1cnc(Nc2ccc(C(C)(C)C)cc2)cn1. The number of rotatable bonds is 4. The minimum absolute atomic E-state index is 0.00451. The summed E-state index contributed by atoms with van der Waals surface area (Å²) in [6.07, 6.45) is 7.55. The fraction of sp³-hybridized carbons (Fsp3) is 0.500. The average molecular weight is 367 g/mol. The highest BCUT2D eigenvalue weighted by Crippen LogP contribution is 2.25. The molecule has 3 rings (SSSR count). The number of likely N-dealkylation sites (tertiary alicyclic amines) is 1. The molecule has 1 amide bonds. The molecule has 1 fully saturated rings. The van der Waals surface area contributed by atoms with Crippen LogP contribution in [-0.4, -0.2) is 33.4 Å². The van der Waals surface area contributed by atoms with Crippen LogP contribution in [0.4, 0.5) is 11.5 Å². The third kappa shape index (κ3) is 4.65. The molecular formula is C22H30N4O. The Kier molecular flexibility index (Phi) is 5.78. The van der Waals surface area contributed by atoms with E-state index in [2.05, 4.69) is 55.1 Å². The van der Waals surface area contributed by atoms with Crippen LogP contribution in [0.25, 0.3) is 0 Å². The number of amides is 1. The Morgan fingerprint density at radius 2 is 1.89 bits per heavy atom. The van der Waals surface area contributed by atoms with E-state index in [1.165, 1.54) is 12.0 Å². The van der Waals surface area contributed by atoms with Gasteiger partial charge in [-0.25, -0.2) is 9.97 Å². The molecule has 1 saturated heterocycles. The van der Waals surface area contributed by atoms with E-state index in [-0.39, 0.29) is 11.3 Å². The lowest BCUT2D eigenvalue weighted by Crippen LogP contribution is -2.43. The van der Waals surface area contributed by atoms with Gasteiger partial charge in [-0.2, -0.15) is 0 Å². The molecule has 0 radical (unpaired) electrons. The molecule has 2 aromatic rings. The lowest BCUT2D eigenvalue weighted by Gasteiger charge is -2.34. The number of carbonyl (C=O) groups is 1. The summed E-state index contributed by atoms with van der Waals surface area (Å²) in [7, 11) is 0. The monoisotopic (exact) mass is 366 g/mol. The summed E-state index contributed by atoms with van der Waals surface area (Å²) < 4.78 is 0. The van der Waals surface area contributed by atoms with Gasteiger partial charge in [0.05, 0.1) is 12.4 Å². The second-order valence-corrected chi connectivity index (χ2v) is 8.30. The van der Waals surface area contributed by atoms with Crippen LogP contribution in [0.1, 0.15) is 69.4 Å². The summed E-state index contributed by atoms with van der Waals surface area (Å²) >= 11 is 0. The highest BCUT2D eigenvalue weighted by molar-refractivity contribution is 5.92. The predicted molar refractivity (Wildman–Crippen MR) is 109 cm³/mol. The Hall–Kier alpha value is -2.43. The third-order valence-corrected chi connectivity index (χ3v) is 5.25. The fourth-order valence-corrected chi connectivity index (χ4v) is 3.54. The first-order valence-electron chi connectivity index (χ1n) is 9.89. The molecule has 27 heavy (non-hydrogen) atoms. The Morgan fingerprint density at radius 3 is 2.48 bits per heavy atom. The number of benzene rings is 1. The molecule has 1 unspecified atom stereocenters. The molecule has 1 aromatic carbocycles. The van der Waals surface area contributed by atoms with Gasteiger partial charge in [-0.15, -0.1) is 0 Å². The molecule has 1 aliphatic rings. The Balaban J connectivity index is 1.67. The van der Waals surface area contributed by atoms with E-state index >= 15 is 0 Å². The van der Waals surface area contributed by atoms with Crippen molar-refractivity contribution in [3.8, 4) is 0 Å². The van der Waals surface area contributed by atoms with E-state index in [0.717, 1.165) is 31.5 Å². The average Bonchev–Trinajstić information content (AvgIpc) is 2.68. The number of piperidine rings is 1. The molecule has 2 heterocycles. The molecule has 0 spiro atoms. The van der Waals surface area contributed by atoms with Crippen molar-refractivity contribution in [2.24, 2.45) is 0 Å². The molecule has 0 saturated carbocycles. The number of aromatic nitrogens is 2. The summed E-state index contributed by atoms with van der Waals surface area (Å²) in [6, 6.07) is 8.65. The van der Waals surface area contributed by atoms with Crippen LogP contribution in [0.15, 0.2) is 36.7 Å². The second-order valence-electron chi connectivity index (χ2n) is 8.30. The molecule has 5 heteroatoms. The molecular weight excluding hydrogens is 336 g/mol. The van der Waals surface area contributed by atoms with E-state index in [4.69, 9.17) is 0 Å². The van der Waals surface area contributed by atoms with Crippen molar-refractivity contribution in [1.82, 2.24) is 14.9 Å². The van der Waals surface area contributed by atoms with Gasteiger partial charge in [-0.1, -0.05) is 39.8 Å². The van der Waals surface area contributed by atoms with Crippen molar-refractivity contribution in [2.45, 2.75) is 64.8 Å². The van der Waals surface area contributed by atoms with Crippen molar-refractivity contribution in [2.75, 3.05) is 11.9 Å². The largest absolute Gasteiger partial charge is 0.339 e. The molecule has 1 N–H and O–H groups in total. The van der Waals surface area contributed by atoms with Gasteiger partial charge < -0.3 is 10.2 Å². The minimum Gasteiger partial charge on any atom is -0.339 e. The summed E-state index contributed by atoms with van der Waals surface area (Å²) in [4.78, 5) is 23.5. The van der Waals surface area contributed by atoms with Gasteiger partial charge in [0.1, 0.15) is 11.5 Å². The van der Waals surface area contributed by atoms with E-state index in [1.807, 2.05) is 17.0 Å². The van der Waals surface area contributed by atoms with Crippen LogP contribution in [-0.2, 0) is 5.41 Å². The smallest absolute Gasteiger partial charge is 0.274 e. The zero-order valence-corrected chi connectivity index (χ0v) is 16.8. The van der Waals surface area contributed by atoms with Crippen molar-refractivity contribution < 1.29 is 4.79 Å². The summed E-state index contributed by atoms with van der Waals surface area (Å²) in [6.45, 7) is 9.55. The van der Waals surface area contributed by atoms with E-state index in [0.29, 0.717) is 17.6 Å². The topological polar surface area (TPSA) is 58.1 Å². The summed E-state index contributed by atoms with van der Waals surface area (Å²) in [5.41, 5.74) is 2.79. The van der Waals surface area contributed by atoms with Gasteiger partial charge in [-0.3, -0.25) is 4.79 Å². The first-order chi connectivity index (χ1) is 12.9. The lowest BCUT2D eigenvalue weighted by atomic mass is 9.87. The molecule has 0 bridgehead atoms. The van der Waals surface area contributed by atoms with Gasteiger partial charge in [0.2, 0.25) is 0 Å². The highest BCUT2D eigenvalue weighted by Gasteiger charge is 2.27. The first-order valence-corrected chi connectivity index (χ1v) is 9.89. The van der Waals surface area contributed by atoms with Crippen LogP contribution in [0.5, 0.6) is 0 Å². The molecule has 0 aliphatic carbocycles. The van der Waals surface area contributed by atoms with E-state index in [9.17, 15) is 4.79 Å². The van der Waals surface area contributed by atoms with Gasteiger partial charge >= 0.3 is 0 Å². The van der Waals surface area contributed by atoms with Crippen molar-refractivity contribution in [1.29, 1.82) is 0 Å². The normalized spacial score (nSPS) is 17.6. The lowest BCUT2D eigenvalue weighted by molar-refractivity contribution is 0.0601. The van der Waals surface area contributed by atoms with Crippen molar-refractivity contribution in [3.63, 3.8) is 0 Å². The first kappa shape index (κ1) is 19.3. The molecule has 1 aromatic heterocycles. The number of hydrogen-bond donors (Lipinski definition) is 1. The van der Waals surface area contributed by atoms with E-state index in [1.54, 1.807) is 12.4 Å². The fourth-order valence-electron chi connectivity index (χ4n) is 3.54. The minimum atomic E-state index is -0.00451. The Labute approximate surface area is 162 Å². The standard InChI is InChI=1S/C22H30N4O/c1-5-18-8-6-7-13-26(18)21(27)19-14-24-20(15-23-19)25-17-11-9-16(10-12-17)22(2,3)4/h9-12,14-15,18H,5-8,13H2,1-4H3,(H,24,25). The quantitative estimate of drug-likeness (QED) is 0.834. The van der Waals surface area contributed by atoms with Gasteiger partial charge in [0.15, 0.2) is 0 Å². The molecule has 5 nitrogen and oxygen atoms in total. The number of hydrogen-bond acceptors (Lipinski definition) is 4. The Morgan fingerprint density at radius 1 is 1.15 bits per heavy atom. The number of nitrogens with one attached hydrogen (secondary N) is 1. The third-order valence-electron chi connectivity index (χ3n) is 5.25. The van der Waals surface area contributed by atoms with Crippen molar-refractivity contribution in [3.05, 3.63) is 47.9 Å². The summed E-state index contributed by atoms with van der Waals surface area (Å²) in [5, 5.41) is 3.25. The maximum Gasteiger partial charge on any atom is 0.274 e. The number of carbonyl (C=O) groups excluding carboxylic acids is 1. The molecule has 1 atom stereocenters. The van der Waals surface area contributed by atoms with Gasteiger partial charge in [0, 0.05) is 18.3 Å². The highest BCUT2D eigenvalue weighted by atomic mass is 16.2.